The highest BCUT2D eigenvalue weighted by atomic mass is 35.5. The molecule has 0 aromatic heterocycles. The van der Waals surface area contributed by atoms with Crippen LogP contribution >= 0.6 is 23.2 Å². The van der Waals surface area contributed by atoms with Gasteiger partial charge in [0.15, 0.2) is 9.84 Å². The Labute approximate surface area is 133 Å². The molecule has 0 aliphatic carbocycles. The van der Waals surface area contributed by atoms with E-state index in [2.05, 4.69) is 5.32 Å². The zero-order valence-corrected chi connectivity index (χ0v) is 13.8. The number of nitrogens with two attached hydrogens (primary N) is 1. The van der Waals surface area contributed by atoms with Gasteiger partial charge < -0.3 is 11.1 Å². The van der Waals surface area contributed by atoms with E-state index in [9.17, 15) is 8.42 Å². The Morgan fingerprint density at radius 2 is 1.76 bits per heavy atom. The third-order valence-electron chi connectivity index (χ3n) is 2.98. The van der Waals surface area contributed by atoms with E-state index in [4.69, 9.17) is 28.9 Å². The number of rotatable bonds is 3. The van der Waals surface area contributed by atoms with Gasteiger partial charge in [0.05, 0.1) is 27.0 Å². The summed E-state index contributed by atoms with van der Waals surface area (Å²) in [6.45, 7) is 1.84. The molecule has 0 saturated carbocycles. The molecule has 4 nitrogen and oxygen atoms in total. The van der Waals surface area contributed by atoms with E-state index < -0.39 is 9.84 Å². The van der Waals surface area contributed by atoms with Crippen molar-refractivity contribution in [3.05, 3.63) is 45.9 Å². The molecule has 2 aromatic carbocycles. The Kier molecular flexibility index (Phi) is 4.37. The predicted molar refractivity (Wildman–Crippen MR) is 88.4 cm³/mol. The van der Waals surface area contributed by atoms with Gasteiger partial charge in [-0.3, -0.25) is 0 Å². The Morgan fingerprint density at radius 1 is 1.10 bits per heavy atom. The minimum absolute atomic E-state index is 0.0711. The zero-order chi connectivity index (χ0) is 15.8. The van der Waals surface area contributed by atoms with E-state index in [1.165, 1.54) is 6.07 Å². The summed E-state index contributed by atoms with van der Waals surface area (Å²) in [7, 11) is -3.40. The zero-order valence-electron chi connectivity index (χ0n) is 11.4. The normalized spacial score (nSPS) is 11.4. The van der Waals surface area contributed by atoms with Gasteiger partial charge in [0.2, 0.25) is 0 Å². The van der Waals surface area contributed by atoms with Crippen LogP contribution in [0.15, 0.2) is 35.2 Å². The van der Waals surface area contributed by atoms with Crippen molar-refractivity contribution < 1.29 is 8.42 Å². The fraction of sp³-hybridized carbons (Fsp3) is 0.143. The van der Waals surface area contributed by atoms with Crippen LogP contribution in [0.1, 0.15) is 5.56 Å². The predicted octanol–water partition coefficient (Wildman–Crippen LogP) is 4.03. The molecule has 2 rings (SSSR count). The third-order valence-corrected chi connectivity index (χ3v) is 4.86. The highest BCUT2D eigenvalue weighted by Gasteiger charge is 2.15. The summed E-state index contributed by atoms with van der Waals surface area (Å²) in [6.07, 6.45) is 1.11. The van der Waals surface area contributed by atoms with Crippen molar-refractivity contribution in [1.29, 1.82) is 0 Å². The minimum atomic E-state index is -3.40. The first-order chi connectivity index (χ1) is 9.70. The standard InChI is InChI=1S/C14H14Cl2N2O2S/c1-8-6-10(16)12(7-9(8)15)18-11-4-3-5-13(14(11)17)21(2,19)20/h3-7,18H,17H2,1-2H3. The van der Waals surface area contributed by atoms with Gasteiger partial charge >= 0.3 is 0 Å². The molecule has 0 aliphatic rings. The van der Waals surface area contributed by atoms with Crippen LogP contribution in [0.2, 0.25) is 10.0 Å². The van der Waals surface area contributed by atoms with Gasteiger partial charge in [-0.05, 0) is 36.8 Å². The fourth-order valence-corrected chi connectivity index (χ4v) is 3.13. The molecule has 0 radical (unpaired) electrons. The van der Waals surface area contributed by atoms with Gasteiger partial charge in [-0.15, -0.1) is 0 Å². The quantitative estimate of drug-likeness (QED) is 0.824. The Bertz CT molecular complexity index is 805. The first-order valence-corrected chi connectivity index (χ1v) is 8.66. The monoisotopic (exact) mass is 344 g/mol. The number of aryl methyl sites for hydroxylation is 1. The lowest BCUT2D eigenvalue weighted by Crippen LogP contribution is -2.05. The number of anilines is 3. The molecule has 0 fully saturated rings. The van der Waals surface area contributed by atoms with Crippen molar-refractivity contribution in [2.24, 2.45) is 0 Å². The van der Waals surface area contributed by atoms with Crippen molar-refractivity contribution in [2.75, 3.05) is 17.3 Å². The van der Waals surface area contributed by atoms with Crippen molar-refractivity contribution in [3.8, 4) is 0 Å². The van der Waals surface area contributed by atoms with Crippen LogP contribution < -0.4 is 11.1 Å². The van der Waals surface area contributed by atoms with Crippen LogP contribution in [-0.4, -0.2) is 14.7 Å². The number of hydrogen-bond donors (Lipinski definition) is 2. The minimum Gasteiger partial charge on any atom is -0.396 e. The highest BCUT2D eigenvalue weighted by Crippen LogP contribution is 2.34. The van der Waals surface area contributed by atoms with Crippen molar-refractivity contribution in [1.82, 2.24) is 0 Å². The number of halogens is 2. The van der Waals surface area contributed by atoms with Crippen LogP contribution in [0.25, 0.3) is 0 Å². The summed E-state index contributed by atoms with van der Waals surface area (Å²) < 4.78 is 23.3. The van der Waals surface area contributed by atoms with Crippen LogP contribution in [-0.2, 0) is 9.84 Å². The molecule has 112 valence electrons. The summed E-state index contributed by atoms with van der Waals surface area (Å²) in [5.41, 5.74) is 7.93. The largest absolute Gasteiger partial charge is 0.396 e. The maximum absolute atomic E-state index is 11.7. The van der Waals surface area contributed by atoms with E-state index in [1.807, 2.05) is 6.92 Å². The Balaban J connectivity index is 2.49. The average molecular weight is 345 g/mol. The number of nitrogen functional groups attached to an aromatic ring is 1. The van der Waals surface area contributed by atoms with Gasteiger partial charge in [-0.25, -0.2) is 8.42 Å². The summed E-state index contributed by atoms with van der Waals surface area (Å²) in [5, 5.41) is 4.04. The molecule has 0 saturated heterocycles. The first kappa shape index (κ1) is 15.9. The first-order valence-electron chi connectivity index (χ1n) is 6.01. The molecular formula is C14H14Cl2N2O2S. The van der Waals surface area contributed by atoms with Gasteiger partial charge in [0, 0.05) is 11.3 Å². The molecule has 7 heteroatoms. The van der Waals surface area contributed by atoms with E-state index >= 15 is 0 Å². The summed E-state index contributed by atoms with van der Waals surface area (Å²) in [5.74, 6) is 0. The molecule has 0 unspecified atom stereocenters. The van der Waals surface area contributed by atoms with E-state index in [1.54, 1.807) is 24.3 Å². The van der Waals surface area contributed by atoms with E-state index in [0.717, 1.165) is 11.8 Å². The third kappa shape index (κ3) is 3.43. The van der Waals surface area contributed by atoms with E-state index in [0.29, 0.717) is 21.4 Å². The molecule has 0 heterocycles. The second-order valence-corrected chi connectivity index (χ2v) is 7.49. The molecule has 21 heavy (non-hydrogen) atoms. The number of para-hydroxylation sites is 1. The topological polar surface area (TPSA) is 72.2 Å². The molecule has 0 amide bonds. The molecule has 2 aromatic rings. The number of sulfone groups is 1. The van der Waals surface area contributed by atoms with Gasteiger partial charge in [0.1, 0.15) is 0 Å². The number of benzene rings is 2. The molecule has 3 N–H and O–H groups in total. The second kappa shape index (κ2) is 5.75. The van der Waals surface area contributed by atoms with Gasteiger partial charge in [-0.1, -0.05) is 29.3 Å². The summed E-state index contributed by atoms with van der Waals surface area (Å²) in [6, 6.07) is 8.14. The highest BCUT2D eigenvalue weighted by molar-refractivity contribution is 7.90. The van der Waals surface area contributed by atoms with E-state index in [-0.39, 0.29) is 10.6 Å². The molecule has 0 bridgehead atoms. The molecular weight excluding hydrogens is 331 g/mol. The summed E-state index contributed by atoms with van der Waals surface area (Å²) in [4.78, 5) is 0.0711. The lowest BCUT2D eigenvalue weighted by molar-refractivity contribution is 0.602. The smallest absolute Gasteiger partial charge is 0.177 e. The summed E-state index contributed by atoms with van der Waals surface area (Å²) >= 11 is 12.2. The molecule has 0 aliphatic heterocycles. The lowest BCUT2D eigenvalue weighted by atomic mass is 10.2. The van der Waals surface area contributed by atoms with Gasteiger partial charge in [0.25, 0.3) is 0 Å². The Hall–Kier alpha value is -1.43. The van der Waals surface area contributed by atoms with Gasteiger partial charge in [-0.2, -0.15) is 0 Å². The van der Waals surface area contributed by atoms with Crippen molar-refractivity contribution >= 4 is 50.1 Å². The van der Waals surface area contributed by atoms with Crippen LogP contribution in [0.4, 0.5) is 17.1 Å². The maximum Gasteiger partial charge on any atom is 0.177 e. The SMILES string of the molecule is Cc1cc(Cl)c(Nc2cccc(S(C)(=O)=O)c2N)cc1Cl. The van der Waals surface area contributed by atoms with Crippen LogP contribution in [0.3, 0.4) is 0 Å². The van der Waals surface area contributed by atoms with Crippen molar-refractivity contribution in [2.45, 2.75) is 11.8 Å². The fourth-order valence-electron chi connectivity index (χ4n) is 1.86. The van der Waals surface area contributed by atoms with Crippen LogP contribution in [0.5, 0.6) is 0 Å². The van der Waals surface area contributed by atoms with Crippen molar-refractivity contribution in [3.63, 3.8) is 0 Å². The number of nitrogens with one attached hydrogen (secondary N) is 1. The second-order valence-electron chi connectivity index (χ2n) is 4.70. The van der Waals surface area contributed by atoms with Crippen LogP contribution in [0, 0.1) is 6.92 Å². The maximum atomic E-state index is 11.7. The number of hydrogen-bond acceptors (Lipinski definition) is 4. The molecule has 0 spiro atoms. The lowest BCUT2D eigenvalue weighted by Gasteiger charge is -2.14. The molecule has 0 atom stereocenters. The average Bonchev–Trinajstić information content (AvgIpc) is 2.36. The Morgan fingerprint density at radius 3 is 2.38 bits per heavy atom.